The molecule has 1 aromatic rings. The van der Waals surface area contributed by atoms with Gasteiger partial charge < -0.3 is 5.11 Å². The largest absolute Gasteiger partial charge is 0.388 e. The highest BCUT2D eigenvalue weighted by atomic mass is 16.3. The first-order valence-corrected chi connectivity index (χ1v) is 7.60. The van der Waals surface area contributed by atoms with Gasteiger partial charge in [0.05, 0.1) is 6.10 Å². The van der Waals surface area contributed by atoms with Crippen LogP contribution in [0.3, 0.4) is 0 Å². The van der Waals surface area contributed by atoms with Gasteiger partial charge in [-0.05, 0) is 55.6 Å². The van der Waals surface area contributed by atoms with E-state index in [0.29, 0.717) is 5.92 Å². The molecule has 1 aliphatic carbocycles. The lowest BCUT2D eigenvalue weighted by Crippen LogP contribution is -2.03. The van der Waals surface area contributed by atoms with E-state index in [4.69, 9.17) is 0 Å². The molecule has 1 N–H and O–H groups in total. The molecule has 1 heteroatoms. The zero-order valence-corrected chi connectivity index (χ0v) is 12.2. The first-order chi connectivity index (χ1) is 9.15. The summed E-state index contributed by atoms with van der Waals surface area (Å²) in [6.07, 6.45) is 8.84. The normalized spacial score (nSPS) is 17.4. The maximum Gasteiger partial charge on any atom is 0.0827 e. The Hall–Kier alpha value is -1.08. The zero-order chi connectivity index (χ0) is 13.7. The maximum absolute atomic E-state index is 10.4. The summed E-state index contributed by atoms with van der Waals surface area (Å²) in [4.78, 5) is 0. The molecule has 0 spiro atoms. The fraction of sp³-hybridized carbons (Fsp3) is 0.556. The zero-order valence-electron chi connectivity index (χ0n) is 12.2. The molecule has 1 atom stereocenters. The highest BCUT2D eigenvalue weighted by Gasteiger charge is 2.12. The third kappa shape index (κ3) is 4.50. The second-order valence-corrected chi connectivity index (χ2v) is 6.17. The van der Waals surface area contributed by atoms with Gasteiger partial charge in [-0.2, -0.15) is 0 Å². The monoisotopic (exact) mass is 258 g/mol. The summed E-state index contributed by atoms with van der Waals surface area (Å²) < 4.78 is 0. The van der Waals surface area contributed by atoms with Gasteiger partial charge in [0, 0.05) is 0 Å². The number of allylic oxidation sites excluding steroid dienone is 1. The van der Waals surface area contributed by atoms with Gasteiger partial charge in [0.25, 0.3) is 0 Å². The lowest BCUT2D eigenvalue weighted by atomic mass is 9.92. The topological polar surface area (TPSA) is 20.2 Å². The molecule has 0 aromatic heterocycles. The molecule has 0 saturated heterocycles. The van der Waals surface area contributed by atoms with E-state index in [2.05, 4.69) is 44.2 Å². The minimum atomic E-state index is -0.337. The molecule has 0 heterocycles. The summed E-state index contributed by atoms with van der Waals surface area (Å²) >= 11 is 0. The molecule has 1 aliphatic rings. The van der Waals surface area contributed by atoms with Crippen LogP contribution in [0.4, 0.5) is 0 Å². The van der Waals surface area contributed by atoms with Crippen LogP contribution in [0.25, 0.3) is 0 Å². The van der Waals surface area contributed by atoms with Crippen molar-refractivity contribution in [2.75, 3.05) is 0 Å². The summed E-state index contributed by atoms with van der Waals surface area (Å²) in [5.74, 6) is 0.661. The van der Waals surface area contributed by atoms with Crippen molar-refractivity contribution < 1.29 is 5.11 Å². The van der Waals surface area contributed by atoms with Crippen molar-refractivity contribution in [3.8, 4) is 0 Å². The van der Waals surface area contributed by atoms with E-state index in [-0.39, 0.29) is 6.10 Å². The Balaban J connectivity index is 2.01. The van der Waals surface area contributed by atoms with Gasteiger partial charge in [-0.15, -0.1) is 0 Å². The molecule has 2 rings (SSSR count). The van der Waals surface area contributed by atoms with Crippen LogP contribution < -0.4 is 0 Å². The Morgan fingerprint density at radius 3 is 2.68 bits per heavy atom. The Morgan fingerprint density at radius 2 is 2.00 bits per heavy atom. The summed E-state index contributed by atoms with van der Waals surface area (Å²) in [6.45, 7) is 4.46. The molecule has 1 nitrogen and oxygen atoms in total. The van der Waals surface area contributed by atoms with Gasteiger partial charge in [-0.25, -0.2) is 0 Å². The molecule has 0 bridgehead atoms. The molecular formula is C18H26O. The van der Waals surface area contributed by atoms with Crippen LogP contribution in [0.1, 0.15) is 63.2 Å². The fourth-order valence-electron chi connectivity index (χ4n) is 2.86. The van der Waals surface area contributed by atoms with Crippen molar-refractivity contribution in [2.24, 2.45) is 5.92 Å². The Bertz CT molecular complexity index is 431. The van der Waals surface area contributed by atoms with E-state index in [1.54, 1.807) is 0 Å². The van der Waals surface area contributed by atoms with Crippen molar-refractivity contribution in [3.05, 3.63) is 47.0 Å². The van der Waals surface area contributed by atoms with Crippen LogP contribution in [-0.4, -0.2) is 5.11 Å². The van der Waals surface area contributed by atoms with Crippen molar-refractivity contribution in [1.82, 2.24) is 0 Å². The molecule has 0 fully saturated rings. The number of hydrogen-bond acceptors (Lipinski definition) is 1. The molecule has 0 amide bonds. The van der Waals surface area contributed by atoms with E-state index in [1.807, 2.05) is 0 Å². The van der Waals surface area contributed by atoms with Crippen molar-refractivity contribution >= 4 is 0 Å². The lowest BCUT2D eigenvalue weighted by Gasteiger charge is -2.17. The third-order valence-corrected chi connectivity index (χ3v) is 3.82. The van der Waals surface area contributed by atoms with Gasteiger partial charge in [0.1, 0.15) is 0 Å². The second kappa shape index (κ2) is 6.91. The average molecular weight is 258 g/mol. The minimum absolute atomic E-state index is 0.337. The minimum Gasteiger partial charge on any atom is -0.388 e. The second-order valence-electron chi connectivity index (χ2n) is 6.17. The van der Waals surface area contributed by atoms with Gasteiger partial charge in [0.2, 0.25) is 0 Å². The Labute approximate surface area is 117 Å². The molecular weight excluding hydrogens is 232 g/mol. The number of hydrogen-bond donors (Lipinski definition) is 1. The first kappa shape index (κ1) is 14.3. The quantitative estimate of drug-likeness (QED) is 0.751. The Morgan fingerprint density at radius 1 is 1.16 bits per heavy atom. The standard InChI is InChI=1S/C18H26O/c1-14(2)11-16-9-6-10-17(12-16)18(19)13-15-7-4-3-5-8-15/h6-7,9-10,12,14,18-19H,3-5,8,11,13H2,1-2H3. The first-order valence-electron chi connectivity index (χ1n) is 7.60. The summed E-state index contributed by atoms with van der Waals surface area (Å²) in [5, 5.41) is 10.4. The van der Waals surface area contributed by atoms with Crippen LogP contribution in [0.5, 0.6) is 0 Å². The molecule has 0 aliphatic heterocycles. The fourth-order valence-corrected chi connectivity index (χ4v) is 2.86. The average Bonchev–Trinajstić information content (AvgIpc) is 2.39. The molecule has 0 saturated carbocycles. The van der Waals surface area contributed by atoms with Crippen molar-refractivity contribution in [3.63, 3.8) is 0 Å². The molecule has 1 aromatic carbocycles. The Kier molecular flexibility index (Phi) is 5.21. The number of aliphatic hydroxyl groups excluding tert-OH is 1. The molecule has 0 radical (unpaired) electrons. The van der Waals surface area contributed by atoms with E-state index < -0.39 is 0 Å². The number of benzene rings is 1. The highest BCUT2D eigenvalue weighted by molar-refractivity contribution is 5.26. The summed E-state index contributed by atoms with van der Waals surface area (Å²) in [6, 6.07) is 8.47. The smallest absolute Gasteiger partial charge is 0.0827 e. The van der Waals surface area contributed by atoms with Crippen LogP contribution in [0.15, 0.2) is 35.9 Å². The predicted molar refractivity (Wildman–Crippen MR) is 81.1 cm³/mol. The molecule has 104 valence electrons. The highest BCUT2D eigenvalue weighted by Crippen LogP contribution is 2.28. The van der Waals surface area contributed by atoms with Gasteiger partial charge in [0.15, 0.2) is 0 Å². The van der Waals surface area contributed by atoms with Crippen LogP contribution in [0.2, 0.25) is 0 Å². The van der Waals surface area contributed by atoms with E-state index in [1.165, 1.54) is 36.8 Å². The summed E-state index contributed by atoms with van der Waals surface area (Å²) in [5.41, 5.74) is 3.85. The van der Waals surface area contributed by atoms with E-state index in [0.717, 1.165) is 18.4 Å². The van der Waals surface area contributed by atoms with Gasteiger partial charge in [-0.1, -0.05) is 49.8 Å². The van der Waals surface area contributed by atoms with Crippen molar-refractivity contribution in [1.29, 1.82) is 0 Å². The SMILES string of the molecule is CC(C)Cc1cccc(C(O)CC2=CCCCC2)c1. The lowest BCUT2D eigenvalue weighted by molar-refractivity contribution is 0.176. The van der Waals surface area contributed by atoms with Crippen LogP contribution >= 0.6 is 0 Å². The van der Waals surface area contributed by atoms with E-state index in [9.17, 15) is 5.11 Å². The third-order valence-electron chi connectivity index (χ3n) is 3.82. The van der Waals surface area contributed by atoms with E-state index >= 15 is 0 Å². The number of aliphatic hydroxyl groups is 1. The maximum atomic E-state index is 10.4. The summed E-state index contributed by atoms with van der Waals surface area (Å²) in [7, 11) is 0. The molecule has 19 heavy (non-hydrogen) atoms. The number of rotatable bonds is 5. The van der Waals surface area contributed by atoms with Crippen LogP contribution in [-0.2, 0) is 6.42 Å². The van der Waals surface area contributed by atoms with Crippen molar-refractivity contribution in [2.45, 2.75) is 58.5 Å². The van der Waals surface area contributed by atoms with Gasteiger partial charge in [-0.3, -0.25) is 0 Å². The molecule has 1 unspecified atom stereocenters. The van der Waals surface area contributed by atoms with Crippen LogP contribution in [0, 0.1) is 5.92 Å². The van der Waals surface area contributed by atoms with Gasteiger partial charge >= 0.3 is 0 Å². The predicted octanol–water partition coefficient (Wildman–Crippen LogP) is 4.81.